The van der Waals surface area contributed by atoms with Gasteiger partial charge >= 0.3 is 0 Å². The van der Waals surface area contributed by atoms with Crippen LogP contribution < -0.4 is 16.2 Å². The van der Waals surface area contributed by atoms with Gasteiger partial charge in [-0.15, -0.1) is 0 Å². The molecule has 174 valence electrons. The summed E-state index contributed by atoms with van der Waals surface area (Å²) < 4.78 is 3.39. The van der Waals surface area contributed by atoms with Gasteiger partial charge in [-0.05, 0) is 36.1 Å². The number of fused-ring (bicyclic) bond motifs is 1. The van der Waals surface area contributed by atoms with Gasteiger partial charge in [0.2, 0.25) is 5.95 Å². The SMILES string of the molecule is N#Cc1ccccc1Cn1c(N2CCC[C@@H](N)C2)nc2c(ncn2Cc2ccccc2C#N)c1=O. The van der Waals surface area contributed by atoms with Crippen LogP contribution in [0.25, 0.3) is 11.2 Å². The molecule has 1 atom stereocenters. The van der Waals surface area contributed by atoms with Gasteiger partial charge in [0.15, 0.2) is 11.2 Å². The molecule has 0 radical (unpaired) electrons. The average Bonchev–Trinajstić information content (AvgIpc) is 3.29. The average molecular weight is 465 g/mol. The van der Waals surface area contributed by atoms with Crippen molar-refractivity contribution in [1.82, 2.24) is 19.1 Å². The molecule has 1 saturated heterocycles. The number of nitrogens with zero attached hydrogens (tertiary/aromatic N) is 7. The normalized spacial score (nSPS) is 15.6. The Bertz CT molecular complexity index is 1540. The van der Waals surface area contributed by atoms with Gasteiger partial charge in [0, 0.05) is 19.1 Å². The molecule has 3 heterocycles. The molecule has 2 N–H and O–H groups in total. The molecule has 9 heteroatoms. The number of piperidine rings is 1. The Balaban J connectivity index is 1.65. The lowest BCUT2D eigenvalue weighted by Gasteiger charge is -2.33. The maximum Gasteiger partial charge on any atom is 0.283 e. The number of imidazole rings is 1. The van der Waals surface area contributed by atoms with E-state index in [1.807, 2.05) is 35.2 Å². The zero-order chi connectivity index (χ0) is 24.4. The maximum atomic E-state index is 13.7. The molecule has 0 unspecified atom stereocenters. The fourth-order valence-electron chi connectivity index (χ4n) is 4.60. The van der Waals surface area contributed by atoms with E-state index in [1.54, 1.807) is 33.7 Å². The first kappa shape index (κ1) is 22.3. The highest BCUT2D eigenvalue weighted by Crippen LogP contribution is 2.22. The summed E-state index contributed by atoms with van der Waals surface area (Å²) in [5, 5.41) is 19.0. The number of nitriles is 2. The van der Waals surface area contributed by atoms with Crippen LogP contribution in [0.15, 0.2) is 59.7 Å². The van der Waals surface area contributed by atoms with Crippen molar-refractivity contribution in [3.05, 3.63) is 87.5 Å². The highest BCUT2D eigenvalue weighted by atomic mass is 16.1. The summed E-state index contributed by atoms with van der Waals surface area (Å²) in [5.41, 5.74) is 9.34. The third kappa shape index (κ3) is 4.25. The molecule has 5 rings (SSSR count). The Morgan fingerprint density at radius 1 is 1.00 bits per heavy atom. The Hall–Kier alpha value is -4.47. The van der Waals surface area contributed by atoms with Crippen molar-refractivity contribution in [2.75, 3.05) is 18.0 Å². The second-order valence-corrected chi connectivity index (χ2v) is 8.73. The third-order valence-electron chi connectivity index (χ3n) is 6.39. The van der Waals surface area contributed by atoms with E-state index < -0.39 is 0 Å². The van der Waals surface area contributed by atoms with Crippen LogP contribution in [-0.4, -0.2) is 38.2 Å². The molecule has 0 spiro atoms. The van der Waals surface area contributed by atoms with Crippen LogP contribution >= 0.6 is 0 Å². The Morgan fingerprint density at radius 2 is 1.66 bits per heavy atom. The summed E-state index contributed by atoms with van der Waals surface area (Å²) in [6.07, 6.45) is 3.41. The number of aromatic nitrogens is 4. The zero-order valence-corrected chi connectivity index (χ0v) is 19.1. The lowest BCUT2D eigenvalue weighted by atomic mass is 10.1. The van der Waals surface area contributed by atoms with E-state index in [4.69, 9.17) is 10.7 Å². The lowest BCUT2D eigenvalue weighted by molar-refractivity contribution is 0.491. The number of anilines is 1. The van der Waals surface area contributed by atoms with Crippen LogP contribution in [0, 0.1) is 22.7 Å². The van der Waals surface area contributed by atoms with Crippen molar-refractivity contribution < 1.29 is 0 Å². The first-order valence-electron chi connectivity index (χ1n) is 11.5. The van der Waals surface area contributed by atoms with Gasteiger partial charge in [0.05, 0.1) is 42.7 Å². The highest BCUT2D eigenvalue weighted by molar-refractivity contribution is 5.71. The summed E-state index contributed by atoms with van der Waals surface area (Å²) in [7, 11) is 0. The number of benzene rings is 2. The van der Waals surface area contributed by atoms with Crippen LogP contribution in [0.5, 0.6) is 0 Å². The molecule has 1 fully saturated rings. The standard InChI is InChI=1S/C26H24N8O/c27-12-18-6-1-3-8-20(18)14-33-17-30-23-24(33)31-26(32-11-5-10-22(29)16-32)34(25(23)35)15-21-9-4-2-7-19(21)13-28/h1-4,6-9,17,22H,5,10-11,14-16,29H2/t22-/m1/s1. The minimum Gasteiger partial charge on any atom is -0.341 e. The van der Waals surface area contributed by atoms with Crippen LogP contribution in [0.4, 0.5) is 5.95 Å². The number of nitrogens with two attached hydrogens (primary N) is 1. The summed E-state index contributed by atoms with van der Waals surface area (Å²) >= 11 is 0. The minimum atomic E-state index is -0.274. The van der Waals surface area contributed by atoms with E-state index in [1.165, 1.54) is 0 Å². The van der Waals surface area contributed by atoms with Gasteiger partial charge in [-0.25, -0.2) is 4.98 Å². The molecular weight excluding hydrogens is 440 g/mol. The van der Waals surface area contributed by atoms with Gasteiger partial charge in [-0.3, -0.25) is 9.36 Å². The predicted octanol–water partition coefficient (Wildman–Crippen LogP) is 2.36. The van der Waals surface area contributed by atoms with Crippen molar-refractivity contribution in [2.24, 2.45) is 5.73 Å². The van der Waals surface area contributed by atoms with E-state index in [0.29, 0.717) is 35.8 Å². The van der Waals surface area contributed by atoms with Crippen molar-refractivity contribution >= 4 is 17.1 Å². The Morgan fingerprint density at radius 3 is 2.31 bits per heavy atom. The monoisotopic (exact) mass is 464 g/mol. The van der Waals surface area contributed by atoms with E-state index in [9.17, 15) is 15.3 Å². The summed E-state index contributed by atoms with van der Waals surface area (Å²) in [5.74, 6) is 0.515. The van der Waals surface area contributed by atoms with Crippen molar-refractivity contribution in [3.63, 3.8) is 0 Å². The molecule has 35 heavy (non-hydrogen) atoms. The van der Waals surface area contributed by atoms with Gasteiger partial charge in [-0.2, -0.15) is 15.5 Å². The van der Waals surface area contributed by atoms with E-state index in [2.05, 4.69) is 17.1 Å². The van der Waals surface area contributed by atoms with Crippen molar-refractivity contribution in [1.29, 1.82) is 10.5 Å². The lowest BCUT2D eigenvalue weighted by Crippen LogP contribution is -2.45. The van der Waals surface area contributed by atoms with Gasteiger partial charge in [0.1, 0.15) is 0 Å². The molecule has 4 aromatic rings. The minimum absolute atomic E-state index is 0.0105. The van der Waals surface area contributed by atoms with Gasteiger partial charge < -0.3 is 15.2 Å². The van der Waals surface area contributed by atoms with Gasteiger partial charge in [0.25, 0.3) is 5.56 Å². The molecule has 0 bridgehead atoms. The second-order valence-electron chi connectivity index (χ2n) is 8.73. The number of rotatable bonds is 5. The molecule has 9 nitrogen and oxygen atoms in total. The molecular formula is C26H24N8O. The quantitative estimate of drug-likeness (QED) is 0.480. The van der Waals surface area contributed by atoms with E-state index in [0.717, 1.165) is 30.5 Å². The second kappa shape index (κ2) is 9.41. The topological polar surface area (TPSA) is 130 Å². The first-order chi connectivity index (χ1) is 17.1. The molecule has 0 saturated carbocycles. The van der Waals surface area contributed by atoms with Crippen LogP contribution in [0.1, 0.15) is 35.1 Å². The van der Waals surface area contributed by atoms with E-state index >= 15 is 0 Å². The summed E-state index contributed by atoms with van der Waals surface area (Å²) in [6, 6.07) is 19.0. The fourth-order valence-corrected chi connectivity index (χ4v) is 4.60. The summed E-state index contributed by atoms with van der Waals surface area (Å²) in [4.78, 5) is 25.1. The van der Waals surface area contributed by atoms with Crippen LogP contribution in [0.2, 0.25) is 0 Å². The first-order valence-corrected chi connectivity index (χ1v) is 11.5. The molecule has 2 aromatic carbocycles. The van der Waals surface area contributed by atoms with Crippen LogP contribution in [-0.2, 0) is 13.1 Å². The van der Waals surface area contributed by atoms with Gasteiger partial charge in [-0.1, -0.05) is 36.4 Å². The van der Waals surface area contributed by atoms with Crippen molar-refractivity contribution in [3.8, 4) is 12.1 Å². The van der Waals surface area contributed by atoms with E-state index in [-0.39, 0.29) is 23.7 Å². The molecule has 1 aliphatic rings. The summed E-state index contributed by atoms with van der Waals surface area (Å²) in [6.45, 7) is 1.89. The predicted molar refractivity (Wildman–Crippen MR) is 132 cm³/mol. The molecule has 1 aliphatic heterocycles. The number of hydrogen-bond acceptors (Lipinski definition) is 7. The van der Waals surface area contributed by atoms with Crippen LogP contribution in [0.3, 0.4) is 0 Å². The third-order valence-corrected chi connectivity index (χ3v) is 6.39. The zero-order valence-electron chi connectivity index (χ0n) is 19.1. The Labute approximate surface area is 202 Å². The number of hydrogen-bond donors (Lipinski definition) is 1. The smallest absolute Gasteiger partial charge is 0.283 e. The fraction of sp³-hybridized carbons (Fsp3) is 0.269. The Kier molecular flexibility index (Phi) is 6.01. The molecule has 0 aliphatic carbocycles. The molecule has 2 aromatic heterocycles. The molecule has 0 amide bonds. The maximum absolute atomic E-state index is 13.7. The highest BCUT2D eigenvalue weighted by Gasteiger charge is 2.24. The largest absolute Gasteiger partial charge is 0.341 e. The van der Waals surface area contributed by atoms with Crippen molar-refractivity contribution in [2.45, 2.75) is 32.0 Å².